The van der Waals surface area contributed by atoms with Crippen LogP contribution in [0.15, 0.2) is 65.5 Å². The lowest BCUT2D eigenvalue weighted by Gasteiger charge is -2.09. The van der Waals surface area contributed by atoms with E-state index >= 15 is 0 Å². The number of nitrogens with one attached hydrogen (secondary N) is 2. The van der Waals surface area contributed by atoms with Crippen molar-refractivity contribution < 1.29 is 14.3 Å². The summed E-state index contributed by atoms with van der Waals surface area (Å²) in [6.07, 6.45) is 0.683. The number of rotatable bonds is 9. The van der Waals surface area contributed by atoms with Crippen molar-refractivity contribution in [3.8, 4) is 17.0 Å². The van der Waals surface area contributed by atoms with Gasteiger partial charge in [0.05, 0.1) is 12.3 Å². The van der Waals surface area contributed by atoms with Crippen LogP contribution in [-0.2, 0) is 16.1 Å². The first-order chi connectivity index (χ1) is 15.4. The van der Waals surface area contributed by atoms with Crippen molar-refractivity contribution in [3.05, 3.63) is 71.0 Å². The number of hydrogen-bond donors (Lipinski definition) is 2. The quantitative estimate of drug-likeness (QED) is 0.535. The number of aromatic nitrogens is 2. The van der Waals surface area contributed by atoms with Crippen molar-refractivity contribution in [1.29, 1.82) is 0 Å². The van der Waals surface area contributed by atoms with Crippen LogP contribution in [0.4, 0.5) is 11.4 Å². The van der Waals surface area contributed by atoms with Crippen LogP contribution in [0, 0.1) is 0 Å². The second kappa shape index (κ2) is 10.9. The fourth-order valence-electron chi connectivity index (χ4n) is 3.14. The Balaban J connectivity index is 1.57. The number of carbonyl (C=O) groups excluding carboxylic acids is 2. The van der Waals surface area contributed by atoms with Crippen molar-refractivity contribution in [2.24, 2.45) is 0 Å². The molecule has 2 aromatic carbocycles. The second-order valence-corrected chi connectivity index (χ2v) is 7.15. The first-order valence-corrected chi connectivity index (χ1v) is 10.4. The van der Waals surface area contributed by atoms with Gasteiger partial charge in [0.25, 0.3) is 5.56 Å². The lowest BCUT2D eigenvalue weighted by molar-refractivity contribution is -0.116. The minimum absolute atomic E-state index is 0.180. The zero-order valence-electron chi connectivity index (χ0n) is 18.1. The summed E-state index contributed by atoms with van der Waals surface area (Å²) < 4.78 is 6.82. The summed E-state index contributed by atoms with van der Waals surface area (Å²) in [7, 11) is 0. The number of hydrogen-bond acceptors (Lipinski definition) is 5. The molecule has 2 amide bonds. The van der Waals surface area contributed by atoms with Crippen molar-refractivity contribution in [2.75, 3.05) is 17.2 Å². The molecule has 1 aromatic heterocycles. The molecule has 3 rings (SSSR count). The molecule has 0 atom stereocenters. The molecular formula is C24H26N4O4. The summed E-state index contributed by atoms with van der Waals surface area (Å²) in [5.41, 5.74) is 2.53. The Kier molecular flexibility index (Phi) is 7.75. The SMILES string of the molecule is CCOc1ccc(-c2ccc(=O)n(CCCC(=O)Nc3cccc(NC(C)=O)c3)n2)cc1. The molecule has 0 saturated carbocycles. The van der Waals surface area contributed by atoms with E-state index in [4.69, 9.17) is 4.74 Å². The zero-order chi connectivity index (χ0) is 22.9. The predicted molar refractivity (Wildman–Crippen MR) is 124 cm³/mol. The van der Waals surface area contributed by atoms with Gasteiger partial charge in [-0.15, -0.1) is 0 Å². The number of amides is 2. The second-order valence-electron chi connectivity index (χ2n) is 7.15. The summed E-state index contributed by atoms with van der Waals surface area (Å²) >= 11 is 0. The van der Waals surface area contributed by atoms with Crippen LogP contribution in [0.25, 0.3) is 11.3 Å². The molecular weight excluding hydrogens is 408 g/mol. The molecule has 0 aliphatic heterocycles. The minimum Gasteiger partial charge on any atom is -0.494 e. The van der Waals surface area contributed by atoms with E-state index in [1.165, 1.54) is 17.7 Å². The van der Waals surface area contributed by atoms with Crippen LogP contribution in [-0.4, -0.2) is 28.2 Å². The molecule has 0 fully saturated rings. The number of carbonyl (C=O) groups is 2. The number of nitrogens with zero attached hydrogens (tertiary/aromatic N) is 2. The van der Waals surface area contributed by atoms with Crippen molar-refractivity contribution in [1.82, 2.24) is 9.78 Å². The van der Waals surface area contributed by atoms with E-state index in [1.807, 2.05) is 31.2 Å². The van der Waals surface area contributed by atoms with Gasteiger partial charge in [0.2, 0.25) is 11.8 Å². The fraction of sp³-hybridized carbons (Fsp3) is 0.250. The average Bonchev–Trinajstić information content (AvgIpc) is 2.76. The van der Waals surface area contributed by atoms with Crippen LogP contribution in [0.3, 0.4) is 0 Å². The largest absolute Gasteiger partial charge is 0.494 e. The predicted octanol–water partition coefficient (Wildman–Crippen LogP) is 3.69. The van der Waals surface area contributed by atoms with Gasteiger partial charge in [0.1, 0.15) is 5.75 Å². The highest BCUT2D eigenvalue weighted by Gasteiger charge is 2.07. The third-order valence-corrected chi connectivity index (χ3v) is 4.57. The third kappa shape index (κ3) is 6.53. The van der Waals surface area contributed by atoms with Crippen LogP contribution < -0.4 is 20.9 Å². The van der Waals surface area contributed by atoms with Gasteiger partial charge in [0.15, 0.2) is 0 Å². The Bertz CT molecular complexity index is 1140. The van der Waals surface area contributed by atoms with Gasteiger partial charge < -0.3 is 15.4 Å². The molecule has 1 heterocycles. The van der Waals surface area contributed by atoms with E-state index in [2.05, 4.69) is 15.7 Å². The van der Waals surface area contributed by atoms with Gasteiger partial charge in [-0.1, -0.05) is 6.07 Å². The van der Waals surface area contributed by atoms with Crippen molar-refractivity contribution in [3.63, 3.8) is 0 Å². The molecule has 0 spiro atoms. The lowest BCUT2D eigenvalue weighted by Crippen LogP contribution is -2.23. The molecule has 32 heavy (non-hydrogen) atoms. The van der Waals surface area contributed by atoms with Gasteiger partial charge in [-0.05, 0) is 61.9 Å². The number of ether oxygens (including phenoxy) is 1. The van der Waals surface area contributed by atoms with Crippen LogP contribution >= 0.6 is 0 Å². The fourth-order valence-corrected chi connectivity index (χ4v) is 3.14. The molecule has 3 aromatic rings. The van der Waals surface area contributed by atoms with Gasteiger partial charge >= 0.3 is 0 Å². The number of benzene rings is 2. The smallest absolute Gasteiger partial charge is 0.266 e. The standard InChI is InChI=1S/C24H26N4O4/c1-3-32-21-11-9-18(10-12-21)22-13-14-24(31)28(27-22)15-5-8-23(30)26-20-7-4-6-19(16-20)25-17(2)29/h4,6-7,9-14,16H,3,5,8,15H2,1-2H3,(H,25,29)(H,26,30). The van der Waals surface area contributed by atoms with Gasteiger partial charge in [-0.2, -0.15) is 5.10 Å². The molecule has 8 nitrogen and oxygen atoms in total. The maximum atomic E-state index is 12.3. The van der Waals surface area contributed by atoms with Crippen LogP contribution in [0.1, 0.15) is 26.7 Å². The van der Waals surface area contributed by atoms with E-state index in [-0.39, 0.29) is 23.8 Å². The normalized spacial score (nSPS) is 10.4. The van der Waals surface area contributed by atoms with E-state index in [9.17, 15) is 14.4 Å². The molecule has 0 radical (unpaired) electrons. The van der Waals surface area contributed by atoms with Crippen molar-refractivity contribution in [2.45, 2.75) is 33.2 Å². The topological polar surface area (TPSA) is 102 Å². The molecule has 0 aliphatic carbocycles. The van der Waals surface area contributed by atoms with E-state index < -0.39 is 0 Å². The average molecular weight is 434 g/mol. The Morgan fingerprint density at radius 2 is 1.72 bits per heavy atom. The number of anilines is 2. The molecule has 0 saturated heterocycles. The Morgan fingerprint density at radius 3 is 2.41 bits per heavy atom. The summed E-state index contributed by atoms with van der Waals surface area (Å²) in [6.45, 7) is 4.26. The molecule has 0 unspecified atom stereocenters. The van der Waals surface area contributed by atoms with E-state index in [0.717, 1.165) is 11.3 Å². The Morgan fingerprint density at radius 1 is 1.00 bits per heavy atom. The minimum atomic E-state index is -0.219. The first-order valence-electron chi connectivity index (χ1n) is 10.4. The Hall–Kier alpha value is -3.94. The molecule has 166 valence electrons. The first kappa shape index (κ1) is 22.7. The van der Waals surface area contributed by atoms with Gasteiger partial charge in [-0.25, -0.2) is 4.68 Å². The molecule has 8 heteroatoms. The highest BCUT2D eigenvalue weighted by Crippen LogP contribution is 2.20. The monoisotopic (exact) mass is 434 g/mol. The van der Waals surface area contributed by atoms with Crippen molar-refractivity contribution >= 4 is 23.2 Å². The third-order valence-electron chi connectivity index (χ3n) is 4.57. The molecule has 0 bridgehead atoms. The number of aryl methyl sites for hydroxylation is 1. The molecule has 0 aliphatic rings. The maximum absolute atomic E-state index is 12.3. The summed E-state index contributed by atoms with van der Waals surface area (Å²) in [5, 5.41) is 9.90. The zero-order valence-corrected chi connectivity index (χ0v) is 18.1. The van der Waals surface area contributed by atoms with Gasteiger partial charge in [-0.3, -0.25) is 14.4 Å². The highest BCUT2D eigenvalue weighted by molar-refractivity contribution is 5.93. The van der Waals surface area contributed by atoms with E-state index in [0.29, 0.717) is 36.6 Å². The van der Waals surface area contributed by atoms with Crippen LogP contribution in [0.5, 0.6) is 5.75 Å². The molecule has 2 N–H and O–H groups in total. The van der Waals surface area contributed by atoms with E-state index in [1.54, 1.807) is 30.3 Å². The maximum Gasteiger partial charge on any atom is 0.266 e. The highest BCUT2D eigenvalue weighted by atomic mass is 16.5. The lowest BCUT2D eigenvalue weighted by atomic mass is 10.1. The summed E-state index contributed by atoms with van der Waals surface area (Å²) in [6, 6.07) is 17.6. The Labute approximate surface area is 186 Å². The van der Waals surface area contributed by atoms with Crippen LogP contribution in [0.2, 0.25) is 0 Å². The van der Waals surface area contributed by atoms with Gasteiger partial charge in [0, 0.05) is 42.9 Å². The summed E-state index contributed by atoms with van der Waals surface area (Å²) in [4.78, 5) is 35.6. The summed E-state index contributed by atoms with van der Waals surface area (Å²) in [5.74, 6) is 0.415.